The summed E-state index contributed by atoms with van der Waals surface area (Å²) in [5.41, 5.74) is 5.34. The maximum Gasteiger partial charge on any atom is 0.230 e. The van der Waals surface area contributed by atoms with E-state index in [4.69, 9.17) is 0 Å². The molecule has 34 heavy (non-hydrogen) atoms. The molecule has 6 nitrogen and oxygen atoms in total. The quantitative estimate of drug-likeness (QED) is 0.309. The van der Waals surface area contributed by atoms with E-state index in [1.165, 1.54) is 17.3 Å². The number of fused-ring (bicyclic) bond motifs is 1. The smallest absolute Gasteiger partial charge is 0.230 e. The van der Waals surface area contributed by atoms with Crippen molar-refractivity contribution in [2.75, 3.05) is 12.3 Å². The average Bonchev–Trinajstić information content (AvgIpc) is 3.47. The number of H-pyrrole nitrogens is 1. The van der Waals surface area contributed by atoms with Crippen molar-refractivity contribution in [1.29, 1.82) is 0 Å². The molecule has 0 atom stereocenters. The Balaban J connectivity index is 1.37. The van der Waals surface area contributed by atoms with E-state index < -0.39 is 0 Å². The highest BCUT2D eigenvalue weighted by Gasteiger charge is 2.19. The second-order valence-electron chi connectivity index (χ2n) is 8.10. The molecule has 2 heterocycles. The van der Waals surface area contributed by atoms with Gasteiger partial charge in [-0.1, -0.05) is 72.4 Å². The first-order valence-electron chi connectivity index (χ1n) is 11.2. The number of aryl methyl sites for hydroxylation is 1. The zero-order valence-corrected chi connectivity index (χ0v) is 19.7. The van der Waals surface area contributed by atoms with Gasteiger partial charge in [-0.15, -0.1) is 10.2 Å². The summed E-state index contributed by atoms with van der Waals surface area (Å²) in [6.45, 7) is 2.67. The maximum atomic E-state index is 12.5. The molecule has 0 aliphatic carbocycles. The first-order valence-corrected chi connectivity index (χ1v) is 12.2. The Labute approximate surface area is 202 Å². The maximum absolute atomic E-state index is 12.5. The first kappa shape index (κ1) is 22.0. The molecule has 0 spiro atoms. The van der Waals surface area contributed by atoms with E-state index in [0.717, 1.165) is 40.0 Å². The third-order valence-electron chi connectivity index (χ3n) is 5.63. The van der Waals surface area contributed by atoms with Crippen LogP contribution in [0.5, 0.6) is 0 Å². The molecule has 0 fully saturated rings. The molecule has 0 radical (unpaired) electrons. The number of hydrogen-bond donors (Lipinski definition) is 2. The molecular weight excluding hydrogens is 442 g/mol. The zero-order valence-electron chi connectivity index (χ0n) is 18.9. The number of carbonyl (C=O) groups excluding carboxylic acids is 1. The van der Waals surface area contributed by atoms with Gasteiger partial charge in [0.25, 0.3) is 0 Å². The summed E-state index contributed by atoms with van der Waals surface area (Å²) in [6.07, 6.45) is 2.77. The third kappa shape index (κ3) is 4.75. The van der Waals surface area contributed by atoms with Crippen LogP contribution in [0.25, 0.3) is 28.0 Å². The first-order chi connectivity index (χ1) is 16.7. The number of nitrogens with one attached hydrogen (secondary N) is 2. The summed E-state index contributed by atoms with van der Waals surface area (Å²) in [4.78, 5) is 15.8. The van der Waals surface area contributed by atoms with Gasteiger partial charge in [-0.2, -0.15) is 0 Å². The van der Waals surface area contributed by atoms with Crippen LogP contribution in [0.1, 0.15) is 11.1 Å². The SMILES string of the molecule is Cc1cccc(-n2c(SCC(=O)NCCc3ccccc3)nnc2-c2c[nH]c3ccccc23)c1. The molecule has 5 aromatic rings. The predicted molar refractivity (Wildman–Crippen MR) is 137 cm³/mol. The minimum absolute atomic E-state index is 0.0200. The summed E-state index contributed by atoms with van der Waals surface area (Å²) >= 11 is 1.39. The fraction of sp³-hybridized carbons (Fsp3) is 0.148. The van der Waals surface area contributed by atoms with Gasteiger partial charge in [-0.3, -0.25) is 9.36 Å². The highest BCUT2D eigenvalue weighted by molar-refractivity contribution is 7.99. The van der Waals surface area contributed by atoms with Crippen LogP contribution in [-0.2, 0) is 11.2 Å². The Morgan fingerprint density at radius 1 is 1.00 bits per heavy atom. The van der Waals surface area contributed by atoms with E-state index in [1.54, 1.807) is 0 Å². The van der Waals surface area contributed by atoms with E-state index in [0.29, 0.717) is 11.7 Å². The molecule has 5 rings (SSSR count). The van der Waals surface area contributed by atoms with Gasteiger partial charge in [0.05, 0.1) is 5.75 Å². The molecular formula is C27H25N5OS. The van der Waals surface area contributed by atoms with E-state index in [9.17, 15) is 4.79 Å². The Hall–Kier alpha value is -3.84. The second kappa shape index (κ2) is 9.97. The van der Waals surface area contributed by atoms with Crippen molar-refractivity contribution >= 4 is 28.6 Å². The highest BCUT2D eigenvalue weighted by Crippen LogP contribution is 2.32. The number of para-hydroxylation sites is 1. The molecule has 2 N–H and O–H groups in total. The summed E-state index contributed by atoms with van der Waals surface area (Å²) in [5.74, 6) is 0.996. The summed E-state index contributed by atoms with van der Waals surface area (Å²) < 4.78 is 2.03. The van der Waals surface area contributed by atoms with Gasteiger partial charge >= 0.3 is 0 Å². The van der Waals surface area contributed by atoms with Gasteiger partial charge in [0, 0.05) is 34.9 Å². The number of thioether (sulfide) groups is 1. The molecule has 170 valence electrons. The molecule has 7 heteroatoms. The van der Waals surface area contributed by atoms with Crippen LogP contribution in [0.3, 0.4) is 0 Å². The molecule has 0 saturated heterocycles. The van der Waals surface area contributed by atoms with Crippen LogP contribution in [-0.4, -0.2) is 38.0 Å². The lowest BCUT2D eigenvalue weighted by Crippen LogP contribution is -2.27. The van der Waals surface area contributed by atoms with E-state index in [2.05, 4.69) is 57.8 Å². The highest BCUT2D eigenvalue weighted by atomic mass is 32.2. The topological polar surface area (TPSA) is 75.6 Å². The van der Waals surface area contributed by atoms with Crippen molar-refractivity contribution in [3.05, 3.63) is 96.2 Å². The van der Waals surface area contributed by atoms with Gasteiger partial charge in [-0.05, 0) is 42.7 Å². The number of aromatic amines is 1. The number of amides is 1. The summed E-state index contributed by atoms with van der Waals surface area (Å²) in [7, 11) is 0. The van der Waals surface area contributed by atoms with Crippen LogP contribution in [0.4, 0.5) is 0 Å². The molecule has 0 saturated carbocycles. The fourth-order valence-electron chi connectivity index (χ4n) is 3.97. The number of hydrogen-bond acceptors (Lipinski definition) is 4. The Bertz CT molecular complexity index is 1420. The molecule has 0 bridgehead atoms. The van der Waals surface area contributed by atoms with Crippen LogP contribution in [0.15, 0.2) is 90.2 Å². The van der Waals surface area contributed by atoms with Gasteiger partial charge < -0.3 is 10.3 Å². The Morgan fingerprint density at radius 3 is 2.68 bits per heavy atom. The monoisotopic (exact) mass is 467 g/mol. The number of benzene rings is 3. The van der Waals surface area contributed by atoms with E-state index in [1.807, 2.05) is 59.3 Å². The minimum atomic E-state index is -0.0200. The van der Waals surface area contributed by atoms with Gasteiger partial charge in [-0.25, -0.2) is 0 Å². The van der Waals surface area contributed by atoms with E-state index in [-0.39, 0.29) is 11.7 Å². The van der Waals surface area contributed by atoms with Crippen LogP contribution in [0.2, 0.25) is 0 Å². The van der Waals surface area contributed by atoms with Crippen molar-refractivity contribution in [3.63, 3.8) is 0 Å². The van der Waals surface area contributed by atoms with Gasteiger partial charge in [0.2, 0.25) is 5.91 Å². The summed E-state index contributed by atoms with van der Waals surface area (Å²) in [6, 6.07) is 26.5. The second-order valence-corrected chi connectivity index (χ2v) is 9.05. The Kier molecular flexibility index (Phi) is 6.44. The van der Waals surface area contributed by atoms with Gasteiger partial charge in [0.1, 0.15) is 0 Å². The van der Waals surface area contributed by atoms with Crippen LogP contribution < -0.4 is 5.32 Å². The van der Waals surface area contributed by atoms with E-state index >= 15 is 0 Å². The molecule has 0 unspecified atom stereocenters. The van der Waals surface area contributed by atoms with Crippen LogP contribution >= 0.6 is 11.8 Å². The zero-order chi connectivity index (χ0) is 23.3. The lowest BCUT2D eigenvalue weighted by atomic mass is 10.1. The minimum Gasteiger partial charge on any atom is -0.360 e. The number of nitrogens with zero attached hydrogens (tertiary/aromatic N) is 3. The standard InChI is InChI=1S/C27H25N5OS/c1-19-8-7-11-21(16-19)32-26(23-17-29-24-13-6-5-12-22(23)24)30-31-27(32)34-18-25(33)28-15-14-20-9-3-2-4-10-20/h2-13,16-17,29H,14-15,18H2,1H3,(H,28,33). The predicted octanol–water partition coefficient (Wildman–Crippen LogP) is 5.18. The molecule has 0 aliphatic heterocycles. The number of aromatic nitrogens is 4. The Morgan fingerprint density at radius 2 is 1.82 bits per heavy atom. The number of rotatable bonds is 8. The van der Waals surface area contributed by atoms with Gasteiger partial charge in [0.15, 0.2) is 11.0 Å². The van der Waals surface area contributed by atoms with Crippen LogP contribution in [0, 0.1) is 6.92 Å². The number of carbonyl (C=O) groups is 1. The van der Waals surface area contributed by atoms with Crippen molar-refractivity contribution in [2.24, 2.45) is 0 Å². The van der Waals surface area contributed by atoms with Crippen molar-refractivity contribution < 1.29 is 4.79 Å². The molecule has 3 aromatic carbocycles. The largest absolute Gasteiger partial charge is 0.360 e. The molecule has 1 amide bonds. The van der Waals surface area contributed by atoms with Crippen molar-refractivity contribution in [3.8, 4) is 17.1 Å². The summed E-state index contributed by atoms with van der Waals surface area (Å²) in [5, 5.41) is 13.8. The molecule has 0 aliphatic rings. The van der Waals surface area contributed by atoms with Crippen molar-refractivity contribution in [2.45, 2.75) is 18.5 Å². The van der Waals surface area contributed by atoms with Crippen molar-refractivity contribution in [1.82, 2.24) is 25.1 Å². The lowest BCUT2D eigenvalue weighted by molar-refractivity contribution is -0.118. The lowest BCUT2D eigenvalue weighted by Gasteiger charge is -2.11. The molecule has 2 aromatic heterocycles. The normalized spacial score (nSPS) is 11.1. The average molecular weight is 468 g/mol. The third-order valence-corrected chi connectivity index (χ3v) is 6.56. The fourth-order valence-corrected chi connectivity index (χ4v) is 4.75.